The number of benzene rings is 2. The topological polar surface area (TPSA) is 64.4 Å². The van der Waals surface area contributed by atoms with Crippen LogP contribution in [-0.4, -0.2) is 11.5 Å². The molecular weight excluding hydrogens is 275 g/mol. The van der Waals surface area contributed by atoms with E-state index in [-0.39, 0.29) is 17.4 Å². The summed E-state index contributed by atoms with van der Waals surface area (Å²) in [5.41, 5.74) is 0.532. The van der Waals surface area contributed by atoms with Crippen LogP contribution in [0.4, 0.5) is 15.8 Å². The Morgan fingerprint density at radius 3 is 2.86 bits per heavy atom. The third kappa shape index (κ3) is 2.52. The highest BCUT2D eigenvalue weighted by Gasteiger charge is 2.25. The number of anilines is 1. The molecule has 5 nitrogen and oxygen atoms in total. The quantitative estimate of drug-likeness (QED) is 0.691. The van der Waals surface area contributed by atoms with E-state index in [0.29, 0.717) is 13.0 Å². The number of nitrogens with one attached hydrogen (secondary N) is 1. The summed E-state index contributed by atoms with van der Waals surface area (Å²) in [6, 6.07) is 11.0. The number of ether oxygens (including phenoxy) is 1. The standard InChI is InChI=1S/C15H13FN2O3/c16-11-5-3-6-13(18(19)20)15(11)17-12-8-9-21-14-7-2-1-4-10(12)14/h1-7,12,17H,8-9H2. The molecule has 21 heavy (non-hydrogen) atoms. The van der Waals surface area contributed by atoms with Crippen molar-refractivity contribution in [2.24, 2.45) is 0 Å². The van der Waals surface area contributed by atoms with Gasteiger partial charge in [0.2, 0.25) is 0 Å². The molecule has 0 amide bonds. The number of hydrogen-bond donors (Lipinski definition) is 1. The number of hydrogen-bond acceptors (Lipinski definition) is 4. The van der Waals surface area contributed by atoms with E-state index in [1.165, 1.54) is 18.2 Å². The van der Waals surface area contributed by atoms with Crippen molar-refractivity contribution in [1.82, 2.24) is 0 Å². The number of halogens is 1. The smallest absolute Gasteiger partial charge is 0.295 e. The van der Waals surface area contributed by atoms with Gasteiger partial charge in [-0.15, -0.1) is 0 Å². The molecule has 3 rings (SSSR count). The van der Waals surface area contributed by atoms with Crippen LogP contribution in [0, 0.1) is 15.9 Å². The largest absolute Gasteiger partial charge is 0.493 e. The van der Waals surface area contributed by atoms with Crippen molar-refractivity contribution >= 4 is 11.4 Å². The molecule has 2 aromatic rings. The zero-order valence-corrected chi connectivity index (χ0v) is 11.1. The van der Waals surface area contributed by atoms with Gasteiger partial charge in [-0.05, 0) is 12.1 Å². The molecule has 2 aromatic carbocycles. The molecule has 1 heterocycles. The van der Waals surface area contributed by atoms with E-state index in [2.05, 4.69) is 5.32 Å². The van der Waals surface area contributed by atoms with Crippen LogP contribution in [-0.2, 0) is 0 Å². The molecule has 0 bridgehead atoms. The van der Waals surface area contributed by atoms with E-state index in [9.17, 15) is 14.5 Å². The van der Waals surface area contributed by atoms with Crippen LogP contribution in [0.5, 0.6) is 5.75 Å². The number of nitro benzene ring substituents is 1. The van der Waals surface area contributed by atoms with Gasteiger partial charge in [0, 0.05) is 18.1 Å². The zero-order valence-electron chi connectivity index (χ0n) is 11.1. The molecule has 108 valence electrons. The van der Waals surface area contributed by atoms with E-state index in [4.69, 9.17) is 4.74 Å². The Balaban J connectivity index is 1.97. The molecule has 1 aliphatic heterocycles. The lowest BCUT2D eigenvalue weighted by Gasteiger charge is -2.27. The summed E-state index contributed by atoms with van der Waals surface area (Å²) in [5, 5.41) is 14.0. The minimum atomic E-state index is -0.631. The van der Waals surface area contributed by atoms with Crippen LogP contribution >= 0.6 is 0 Å². The van der Waals surface area contributed by atoms with Gasteiger partial charge in [0.05, 0.1) is 17.6 Å². The fraction of sp³-hybridized carbons (Fsp3) is 0.200. The van der Waals surface area contributed by atoms with Crippen LogP contribution in [0.25, 0.3) is 0 Å². The Morgan fingerprint density at radius 1 is 1.24 bits per heavy atom. The lowest BCUT2D eigenvalue weighted by Crippen LogP contribution is -2.21. The average Bonchev–Trinajstić information content (AvgIpc) is 2.49. The zero-order chi connectivity index (χ0) is 14.8. The van der Waals surface area contributed by atoms with Gasteiger partial charge in [0.1, 0.15) is 11.4 Å². The monoisotopic (exact) mass is 288 g/mol. The van der Waals surface area contributed by atoms with Crippen molar-refractivity contribution in [3.05, 3.63) is 64.0 Å². The molecule has 1 N–H and O–H groups in total. The van der Waals surface area contributed by atoms with Gasteiger partial charge in [-0.1, -0.05) is 24.3 Å². The van der Waals surface area contributed by atoms with Gasteiger partial charge < -0.3 is 10.1 Å². The van der Waals surface area contributed by atoms with E-state index in [0.717, 1.165) is 11.3 Å². The van der Waals surface area contributed by atoms with E-state index >= 15 is 0 Å². The van der Waals surface area contributed by atoms with Crippen LogP contribution in [0.1, 0.15) is 18.0 Å². The SMILES string of the molecule is O=[N+]([O-])c1cccc(F)c1NC1CCOc2ccccc21. The number of nitro groups is 1. The molecular formula is C15H13FN2O3. The van der Waals surface area contributed by atoms with E-state index < -0.39 is 10.7 Å². The van der Waals surface area contributed by atoms with Gasteiger partial charge in [-0.25, -0.2) is 4.39 Å². The summed E-state index contributed by atoms with van der Waals surface area (Å²) in [4.78, 5) is 10.4. The molecule has 0 fully saturated rings. The maximum Gasteiger partial charge on any atom is 0.295 e. The Bertz CT molecular complexity index is 690. The summed E-state index contributed by atoms with van der Waals surface area (Å²) >= 11 is 0. The second-order valence-corrected chi connectivity index (χ2v) is 4.76. The Hall–Kier alpha value is -2.63. The predicted molar refractivity (Wildman–Crippen MR) is 76.0 cm³/mol. The number of rotatable bonds is 3. The average molecular weight is 288 g/mol. The van der Waals surface area contributed by atoms with Gasteiger partial charge in [0.25, 0.3) is 5.69 Å². The summed E-state index contributed by atoms with van der Waals surface area (Å²) in [6.45, 7) is 0.483. The van der Waals surface area contributed by atoms with Crippen molar-refractivity contribution in [3.63, 3.8) is 0 Å². The minimum absolute atomic E-state index is 0.0794. The molecule has 0 aromatic heterocycles. The fourth-order valence-corrected chi connectivity index (χ4v) is 2.47. The first-order valence-electron chi connectivity index (χ1n) is 6.58. The van der Waals surface area contributed by atoms with Crippen LogP contribution < -0.4 is 10.1 Å². The highest BCUT2D eigenvalue weighted by molar-refractivity contribution is 5.63. The number of fused-ring (bicyclic) bond motifs is 1. The van der Waals surface area contributed by atoms with Crippen molar-refractivity contribution in [2.75, 3.05) is 11.9 Å². The summed E-state index contributed by atoms with van der Waals surface area (Å²) in [7, 11) is 0. The fourth-order valence-electron chi connectivity index (χ4n) is 2.47. The van der Waals surface area contributed by atoms with Gasteiger partial charge in [0.15, 0.2) is 5.82 Å². The second-order valence-electron chi connectivity index (χ2n) is 4.76. The van der Waals surface area contributed by atoms with E-state index in [1.807, 2.05) is 24.3 Å². The molecule has 0 spiro atoms. The first-order chi connectivity index (χ1) is 10.2. The van der Waals surface area contributed by atoms with Gasteiger partial charge >= 0.3 is 0 Å². The highest BCUT2D eigenvalue weighted by atomic mass is 19.1. The molecule has 0 radical (unpaired) electrons. The van der Waals surface area contributed by atoms with Crippen LogP contribution in [0.3, 0.4) is 0 Å². The van der Waals surface area contributed by atoms with Crippen molar-refractivity contribution < 1.29 is 14.1 Å². The number of nitrogens with zero attached hydrogens (tertiary/aromatic N) is 1. The lowest BCUT2D eigenvalue weighted by molar-refractivity contribution is -0.384. The number of para-hydroxylation sites is 2. The normalized spacial score (nSPS) is 16.7. The van der Waals surface area contributed by atoms with Gasteiger partial charge in [-0.2, -0.15) is 0 Å². The lowest BCUT2D eigenvalue weighted by atomic mass is 10.00. The molecule has 1 atom stereocenters. The third-order valence-electron chi connectivity index (χ3n) is 3.47. The van der Waals surface area contributed by atoms with Gasteiger partial charge in [-0.3, -0.25) is 10.1 Å². The van der Waals surface area contributed by atoms with Crippen LogP contribution in [0.15, 0.2) is 42.5 Å². The Morgan fingerprint density at radius 2 is 2.05 bits per heavy atom. The molecule has 1 unspecified atom stereocenters. The predicted octanol–water partition coefficient (Wildman–Crippen LogP) is 3.67. The third-order valence-corrected chi connectivity index (χ3v) is 3.47. The molecule has 1 aliphatic rings. The Kier molecular flexibility index (Phi) is 3.43. The molecule has 0 saturated carbocycles. The van der Waals surface area contributed by atoms with Crippen molar-refractivity contribution in [3.8, 4) is 5.75 Å². The summed E-state index contributed by atoms with van der Waals surface area (Å²) < 4.78 is 19.5. The molecule has 6 heteroatoms. The first kappa shape index (κ1) is 13.4. The van der Waals surface area contributed by atoms with E-state index in [1.54, 1.807) is 0 Å². The summed E-state index contributed by atoms with van der Waals surface area (Å²) in [6.07, 6.45) is 0.614. The van der Waals surface area contributed by atoms with Crippen LogP contribution in [0.2, 0.25) is 0 Å². The highest BCUT2D eigenvalue weighted by Crippen LogP contribution is 2.37. The summed E-state index contributed by atoms with van der Waals surface area (Å²) in [5.74, 6) is 0.0911. The Labute approximate surface area is 120 Å². The van der Waals surface area contributed by atoms with Crippen molar-refractivity contribution in [2.45, 2.75) is 12.5 Å². The minimum Gasteiger partial charge on any atom is -0.493 e. The second kappa shape index (κ2) is 5.40. The maximum atomic E-state index is 13.9. The van der Waals surface area contributed by atoms with Crippen molar-refractivity contribution in [1.29, 1.82) is 0 Å². The molecule has 0 aliphatic carbocycles. The molecule has 0 saturated heterocycles. The first-order valence-corrected chi connectivity index (χ1v) is 6.58. The maximum absolute atomic E-state index is 13.9.